The van der Waals surface area contributed by atoms with Crippen LogP contribution in [0, 0.1) is 0 Å². The van der Waals surface area contributed by atoms with Gasteiger partial charge in [0.25, 0.3) is 0 Å². The standard InChI is InChI=1S/C15H24NO5P/c1-4-20-22(18,21-5-2)12-16-14(15(17)19-3)11-13-9-7-6-8-10-13/h6-10,14,16H,4-5,11-12H2,1-3H3/t14-/m0/s1. The molecule has 0 heterocycles. The molecule has 0 saturated heterocycles. The minimum atomic E-state index is -3.25. The highest BCUT2D eigenvalue weighted by Crippen LogP contribution is 2.46. The Hall–Kier alpha value is -1.20. The van der Waals surface area contributed by atoms with Gasteiger partial charge in [-0.1, -0.05) is 30.3 Å². The van der Waals surface area contributed by atoms with Gasteiger partial charge in [-0.25, -0.2) is 0 Å². The average molecular weight is 329 g/mol. The maximum Gasteiger partial charge on any atom is 0.344 e. The van der Waals surface area contributed by atoms with E-state index in [0.29, 0.717) is 6.42 Å². The number of carbonyl (C=O) groups is 1. The fourth-order valence-electron chi connectivity index (χ4n) is 1.97. The Balaban J connectivity index is 2.72. The summed E-state index contributed by atoms with van der Waals surface area (Å²) >= 11 is 0. The Morgan fingerprint density at radius 1 is 1.18 bits per heavy atom. The number of ether oxygens (including phenoxy) is 1. The van der Waals surface area contributed by atoms with Gasteiger partial charge in [-0.15, -0.1) is 0 Å². The van der Waals surface area contributed by atoms with Crippen molar-refractivity contribution in [3.8, 4) is 0 Å². The third-order valence-corrected chi connectivity index (χ3v) is 4.82. The summed E-state index contributed by atoms with van der Waals surface area (Å²) in [4.78, 5) is 11.9. The van der Waals surface area contributed by atoms with Crippen LogP contribution < -0.4 is 5.32 Å². The number of carbonyl (C=O) groups excluding carboxylic acids is 1. The zero-order valence-electron chi connectivity index (χ0n) is 13.3. The zero-order valence-corrected chi connectivity index (χ0v) is 14.2. The Morgan fingerprint density at radius 2 is 1.77 bits per heavy atom. The van der Waals surface area contributed by atoms with Gasteiger partial charge in [0.2, 0.25) is 0 Å². The minimum absolute atomic E-state index is 0.0404. The van der Waals surface area contributed by atoms with Crippen molar-refractivity contribution < 1.29 is 23.1 Å². The minimum Gasteiger partial charge on any atom is -0.468 e. The highest BCUT2D eigenvalue weighted by Gasteiger charge is 2.27. The van der Waals surface area contributed by atoms with Crippen molar-refractivity contribution in [3.63, 3.8) is 0 Å². The smallest absolute Gasteiger partial charge is 0.344 e. The van der Waals surface area contributed by atoms with E-state index in [1.807, 2.05) is 30.3 Å². The molecule has 0 aromatic heterocycles. The number of nitrogens with one attached hydrogen (secondary N) is 1. The van der Waals surface area contributed by atoms with Gasteiger partial charge in [0.15, 0.2) is 0 Å². The molecule has 22 heavy (non-hydrogen) atoms. The molecule has 1 aromatic rings. The molecule has 0 fully saturated rings. The molecule has 0 unspecified atom stereocenters. The number of hydrogen-bond acceptors (Lipinski definition) is 6. The van der Waals surface area contributed by atoms with E-state index in [2.05, 4.69) is 5.32 Å². The Morgan fingerprint density at radius 3 is 2.27 bits per heavy atom. The second-order valence-electron chi connectivity index (χ2n) is 4.57. The van der Waals surface area contributed by atoms with Crippen LogP contribution in [0.5, 0.6) is 0 Å². The highest BCUT2D eigenvalue weighted by atomic mass is 31.2. The first-order valence-corrected chi connectivity index (χ1v) is 9.00. The van der Waals surface area contributed by atoms with Crippen molar-refractivity contribution in [2.75, 3.05) is 26.6 Å². The van der Waals surface area contributed by atoms with Crippen molar-refractivity contribution in [1.29, 1.82) is 0 Å². The SMILES string of the molecule is CCOP(=O)(CN[C@@H](Cc1ccccc1)C(=O)OC)OCC. The van der Waals surface area contributed by atoms with Crippen LogP contribution in [0.4, 0.5) is 0 Å². The van der Waals surface area contributed by atoms with Crippen LogP contribution in [0.15, 0.2) is 30.3 Å². The van der Waals surface area contributed by atoms with Gasteiger partial charge in [-0.05, 0) is 25.8 Å². The van der Waals surface area contributed by atoms with Gasteiger partial charge < -0.3 is 13.8 Å². The molecule has 6 nitrogen and oxygen atoms in total. The lowest BCUT2D eigenvalue weighted by molar-refractivity contribution is -0.143. The monoisotopic (exact) mass is 329 g/mol. The normalized spacial score (nSPS) is 12.9. The first-order chi connectivity index (χ1) is 10.5. The molecule has 0 radical (unpaired) electrons. The third-order valence-electron chi connectivity index (χ3n) is 2.95. The van der Waals surface area contributed by atoms with Crippen LogP contribution in [-0.2, 0) is 29.6 Å². The second-order valence-corrected chi connectivity index (χ2v) is 6.63. The summed E-state index contributed by atoms with van der Waals surface area (Å²) in [6.07, 6.45) is 0.396. The predicted octanol–water partition coefficient (Wildman–Crippen LogP) is 2.58. The topological polar surface area (TPSA) is 73.9 Å². The Labute approximate surface area is 131 Å². The van der Waals surface area contributed by atoms with Crippen molar-refractivity contribution in [1.82, 2.24) is 5.32 Å². The summed E-state index contributed by atoms with van der Waals surface area (Å²) in [5.74, 6) is -0.414. The van der Waals surface area contributed by atoms with Crippen molar-refractivity contribution >= 4 is 13.6 Å². The molecular weight excluding hydrogens is 305 g/mol. The summed E-state index contributed by atoms with van der Waals surface area (Å²) < 4.78 is 27.6. The molecule has 0 saturated carbocycles. The third kappa shape index (κ3) is 6.28. The van der Waals surface area contributed by atoms with Crippen molar-refractivity contribution in [2.24, 2.45) is 0 Å². The van der Waals surface area contributed by atoms with Gasteiger partial charge in [-0.3, -0.25) is 14.7 Å². The van der Waals surface area contributed by atoms with Crippen LogP contribution >= 0.6 is 7.60 Å². The number of rotatable bonds is 10. The first-order valence-electron chi connectivity index (χ1n) is 7.28. The van der Waals surface area contributed by atoms with Crippen LogP contribution in [0.3, 0.4) is 0 Å². The van der Waals surface area contributed by atoms with Crippen LogP contribution in [-0.4, -0.2) is 38.6 Å². The second kappa shape index (κ2) is 9.74. The quantitative estimate of drug-likeness (QED) is 0.525. The number of benzene rings is 1. The molecule has 124 valence electrons. The summed E-state index contributed by atoms with van der Waals surface area (Å²) in [6, 6.07) is 8.93. The van der Waals surface area contributed by atoms with Gasteiger partial charge in [0.05, 0.1) is 26.6 Å². The van der Waals surface area contributed by atoms with Gasteiger partial charge in [0.1, 0.15) is 6.04 Å². The molecule has 0 amide bonds. The molecule has 0 aliphatic heterocycles. The van der Waals surface area contributed by atoms with Gasteiger partial charge in [-0.2, -0.15) is 0 Å². The van der Waals surface area contributed by atoms with E-state index >= 15 is 0 Å². The van der Waals surface area contributed by atoms with Crippen molar-refractivity contribution in [2.45, 2.75) is 26.3 Å². The highest BCUT2D eigenvalue weighted by molar-refractivity contribution is 7.53. The molecule has 0 aliphatic rings. The van der Waals surface area contributed by atoms with E-state index in [-0.39, 0.29) is 19.5 Å². The first kappa shape index (κ1) is 18.8. The summed E-state index contributed by atoms with van der Waals surface area (Å²) in [7, 11) is -1.92. The van der Waals surface area contributed by atoms with E-state index < -0.39 is 19.6 Å². The fourth-order valence-corrected chi connectivity index (χ4v) is 3.46. The molecular formula is C15H24NO5P. The summed E-state index contributed by atoms with van der Waals surface area (Å²) in [5, 5.41) is 2.94. The van der Waals surface area contributed by atoms with Crippen molar-refractivity contribution in [3.05, 3.63) is 35.9 Å². The predicted molar refractivity (Wildman–Crippen MR) is 84.8 cm³/mol. The lowest BCUT2D eigenvalue weighted by Gasteiger charge is -2.21. The molecule has 7 heteroatoms. The van der Waals surface area contributed by atoms with Gasteiger partial charge >= 0.3 is 13.6 Å². The number of methoxy groups -OCH3 is 1. The summed E-state index contributed by atoms with van der Waals surface area (Å²) in [5.41, 5.74) is 0.980. The lowest BCUT2D eigenvalue weighted by atomic mass is 10.1. The van der Waals surface area contributed by atoms with Crippen LogP contribution in [0.2, 0.25) is 0 Å². The summed E-state index contributed by atoms with van der Waals surface area (Å²) in [6.45, 7) is 4.04. The van der Waals surface area contributed by atoms with E-state index in [1.54, 1.807) is 13.8 Å². The molecule has 1 aromatic carbocycles. The fraction of sp³-hybridized carbons (Fsp3) is 0.533. The molecule has 1 atom stereocenters. The Bertz CT molecular complexity index is 484. The van der Waals surface area contributed by atoms with Crippen LogP contribution in [0.1, 0.15) is 19.4 Å². The van der Waals surface area contributed by atoms with E-state index in [1.165, 1.54) is 7.11 Å². The van der Waals surface area contributed by atoms with E-state index in [9.17, 15) is 9.36 Å². The average Bonchev–Trinajstić information content (AvgIpc) is 2.52. The van der Waals surface area contributed by atoms with Crippen LogP contribution in [0.25, 0.3) is 0 Å². The Kier molecular flexibility index (Phi) is 8.35. The lowest BCUT2D eigenvalue weighted by Crippen LogP contribution is -2.40. The van der Waals surface area contributed by atoms with Gasteiger partial charge in [0, 0.05) is 0 Å². The number of esters is 1. The van der Waals surface area contributed by atoms with E-state index in [0.717, 1.165) is 5.56 Å². The molecule has 0 aliphatic carbocycles. The molecule has 1 N–H and O–H groups in total. The maximum atomic E-state index is 12.4. The largest absolute Gasteiger partial charge is 0.468 e. The number of hydrogen-bond donors (Lipinski definition) is 1. The maximum absolute atomic E-state index is 12.4. The molecule has 1 rings (SSSR count). The molecule has 0 spiro atoms. The molecule has 0 bridgehead atoms. The van der Waals surface area contributed by atoms with E-state index in [4.69, 9.17) is 13.8 Å². The zero-order chi connectivity index (χ0) is 16.4.